The summed E-state index contributed by atoms with van der Waals surface area (Å²) >= 11 is 1.61. The summed E-state index contributed by atoms with van der Waals surface area (Å²) in [5, 5.41) is 2.63. The van der Waals surface area contributed by atoms with E-state index in [1.807, 2.05) is 30.5 Å². The molecule has 3 heteroatoms. The SMILES string of the molecule is CSc1ccccc1NC=O. The molecule has 0 aromatic heterocycles. The predicted octanol–water partition coefficient (Wildman–Crippen LogP) is 1.98. The van der Waals surface area contributed by atoms with Crippen LogP contribution in [-0.2, 0) is 4.79 Å². The molecule has 0 aliphatic rings. The molecule has 0 saturated carbocycles. The number of benzene rings is 1. The summed E-state index contributed by atoms with van der Waals surface area (Å²) in [6, 6.07) is 7.68. The van der Waals surface area contributed by atoms with Gasteiger partial charge < -0.3 is 5.32 Å². The number of para-hydroxylation sites is 1. The predicted molar refractivity (Wildman–Crippen MR) is 47.9 cm³/mol. The van der Waals surface area contributed by atoms with Gasteiger partial charge in [0.15, 0.2) is 0 Å². The summed E-state index contributed by atoms with van der Waals surface area (Å²) < 4.78 is 0. The number of carbonyl (C=O) groups is 1. The van der Waals surface area contributed by atoms with Crippen molar-refractivity contribution in [2.24, 2.45) is 0 Å². The van der Waals surface area contributed by atoms with Crippen molar-refractivity contribution in [2.45, 2.75) is 4.90 Å². The van der Waals surface area contributed by atoms with Gasteiger partial charge in [-0.2, -0.15) is 0 Å². The lowest BCUT2D eigenvalue weighted by Crippen LogP contribution is -1.94. The van der Waals surface area contributed by atoms with Gasteiger partial charge in [0.2, 0.25) is 6.41 Å². The third-order valence-corrected chi connectivity index (χ3v) is 2.12. The smallest absolute Gasteiger partial charge is 0.211 e. The van der Waals surface area contributed by atoms with Crippen LogP contribution in [0.4, 0.5) is 5.69 Å². The van der Waals surface area contributed by atoms with Crippen molar-refractivity contribution in [1.82, 2.24) is 0 Å². The Hall–Kier alpha value is -0.960. The Kier molecular flexibility index (Phi) is 2.98. The Bertz CT molecular complexity index is 250. The summed E-state index contributed by atoms with van der Waals surface area (Å²) in [5.74, 6) is 0. The van der Waals surface area contributed by atoms with Crippen LogP contribution < -0.4 is 5.32 Å². The maximum atomic E-state index is 10.1. The Balaban J connectivity index is 2.92. The third-order valence-electron chi connectivity index (χ3n) is 1.32. The number of nitrogens with one attached hydrogen (secondary N) is 1. The minimum atomic E-state index is 0.690. The van der Waals surface area contributed by atoms with E-state index < -0.39 is 0 Å². The van der Waals surface area contributed by atoms with E-state index in [9.17, 15) is 4.79 Å². The van der Waals surface area contributed by atoms with Gasteiger partial charge in [-0.15, -0.1) is 11.8 Å². The van der Waals surface area contributed by atoms with Crippen molar-refractivity contribution >= 4 is 23.9 Å². The molecule has 0 aliphatic carbocycles. The normalized spacial score (nSPS) is 9.18. The second-order valence-corrected chi connectivity index (χ2v) is 2.81. The molecule has 58 valence electrons. The molecule has 0 unspecified atom stereocenters. The van der Waals surface area contributed by atoms with E-state index in [1.165, 1.54) is 0 Å². The van der Waals surface area contributed by atoms with Crippen molar-refractivity contribution in [3.8, 4) is 0 Å². The van der Waals surface area contributed by atoms with Crippen molar-refractivity contribution in [1.29, 1.82) is 0 Å². The topological polar surface area (TPSA) is 29.1 Å². The quantitative estimate of drug-likeness (QED) is 0.551. The zero-order valence-corrected chi connectivity index (χ0v) is 7.02. The summed E-state index contributed by atoms with van der Waals surface area (Å²) in [7, 11) is 0. The highest BCUT2D eigenvalue weighted by Gasteiger charge is 1.96. The van der Waals surface area contributed by atoms with E-state index in [1.54, 1.807) is 11.8 Å². The van der Waals surface area contributed by atoms with E-state index in [0.717, 1.165) is 10.6 Å². The highest BCUT2D eigenvalue weighted by molar-refractivity contribution is 7.98. The van der Waals surface area contributed by atoms with Crippen molar-refractivity contribution in [2.75, 3.05) is 11.6 Å². The molecule has 0 bridgehead atoms. The molecule has 0 spiro atoms. The molecule has 1 aromatic carbocycles. The maximum absolute atomic E-state index is 10.1. The fourth-order valence-electron chi connectivity index (χ4n) is 0.827. The van der Waals surface area contributed by atoms with Crippen LogP contribution in [0.25, 0.3) is 0 Å². The van der Waals surface area contributed by atoms with Gasteiger partial charge in [-0.1, -0.05) is 12.1 Å². The van der Waals surface area contributed by atoms with E-state index in [0.29, 0.717) is 6.41 Å². The maximum Gasteiger partial charge on any atom is 0.211 e. The first-order chi connectivity index (χ1) is 5.38. The highest BCUT2D eigenvalue weighted by Crippen LogP contribution is 2.23. The molecule has 1 rings (SSSR count). The first kappa shape index (κ1) is 8.14. The van der Waals surface area contributed by atoms with Crippen LogP contribution in [0.15, 0.2) is 29.2 Å². The number of anilines is 1. The van der Waals surface area contributed by atoms with Crippen LogP contribution in [0.1, 0.15) is 0 Å². The van der Waals surface area contributed by atoms with Crippen LogP contribution in [-0.4, -0.2) is 12.7 Å². The number of rotatable bonds is 3. The zero-order chi connectivity index (χ0) is 8.10. The first-order valence-corrected chi connectivity index (χ1v) is 4.44. The molecule has 11 heavy (non-hydrogen) atoms. The summed E-state index contributed by atoms with van der Waals surface area (Å²) in [6.07, 6.45) is 2.67. The number of amides is 1. The lowest BCUT2D eigenvalue weighted by Gasteiger charge is -2.03. The summed E-state index contributed by atoms with van der Waals surface area (Å²) in [6.45, 7) is 0. The van der Waals surface area contributed by atoms with Gasteiger partial charge in [0, 0.05) is 4.90 Å². The van der Waals surface area contributed by atoms with Crippen LogP contribution in [0.3, 0.4) is 0 Å². The minimum absolute atomic E-state index is 0.690. The lowest BCUT2D eigenvalue weighted by molar-refractivity contribution is -0.105. The van der Waals surface area contributed by atoms with E-state index in [-0.39, 0.29) is 0 Å². The highest BCUT2D eigenvalue weighted by atomic mass is 32.2. The van der Waals surface area contributed by atoms with Crippen molar-refractivity contribution in [3.63, 3.8) is 0 Å². The van der Waals surface area contributed by atoms with Gasteiger partial charge in [0.25, 0.3) is 0 Å². The lowest BCUT2D eigenvalue weighted by atomic mass is 10.3. The second kappa shape index (κ2) is 4.03. The van der Waals surface area contributed by atoms with Crippen molar-refractivity contribution in [3.05, 3.63) is 24.3 Å². The molecule has 1 amide bonds. The standard InChI is InChI=1S/C8H9NOS/c1-11-8-5-3-2-4-7(8)9-6-10/h2-6H,1H3,(H,9,10). The summed E-state index contributed by atoms with van der Waals surface area (Å²) in [4.78, 5) is 11.2. The Morgan fingerprint density at radius 1 is 1.45 bits per heavy atom. The molecule has 0 fully saturated rings. The van der Waals surface area contributed by atoms with E-state index >= 15 is 0 Å². The molecular formula is C8H9NOS. The fraction of sp³-hybridized carbons (Fsp3) is 0.125. The monoisotopic (exact) mass is 167 g/mol. The first-order valence-electron chi connectivity index (χ1n) is 3.21. The fourth-order valence-corrected chi connectivity index (χ4v) is 1.39. The molecule has 0 saturated heterocycles. The van der Waals surface area contributed by atoms with E-state index in [4.69, 9.17) is 0 Å². The van der Waals surface area contributed by atoms with Gasteiger partial charge in [-0.3, -0.25) is 4.79 Å². The molecular weight excluding hydrogens is 158 g/mol. The number of hydrogen-bond donors (Lipinski definition) is 1. The zero-order valence-electron chi connectivity index (χ0n) is 6.20. The largest absolute Gasteiger partial charge is 0.328 e. The average molecular weight is 167 g/mol. The van der Waals surface area contributed by atoms with Crippen LogP contribution >= 0.6 is 11.8 Å². The molecule has 1 aromatic rings. The Labute approximate surface area is 70.0 Å². The van der Waals surface area contributed by atoms with Crippen LogP contribution in [0.2, 0.25) is 0 Å². The number of thioether (sulfide) groups is 1. The second-order valence-electron chi connectivity index (χ2n) is 1.96. The Morgan fingerprint density at radius 2 is 2.18 bits per heavy atom. The van der Waals surface area contributed by atoms with E-state index in [2.05, 4.69) is 5.32 Å². The molecule has 0 aliphatic heterocycles. The van der Waals surface area contributed by atoms with Gasteiger partial charge >= 0.3 is 0 Å². The molecule has 0 radical (unpaired) electrons. The Morgan fingerprint density at radius 3 is 2.82 bits per heavy atom. The summed E-state index contributed by atoms with van der Waals surface area (Å²) in [5.41, 5.74) is 0.870. The minimum Gasteiger partial charge on any atom is -0.328 e. The van der Waals surface area contributed by atoms with Crippen molar-refractivity contribution < 1.29 is 4.79 Å². The third kappa shape index (κ3) is 1.98. The molecule has 0 atom stereocenters. The number of hydrogen-bond acceptors (Lipinski definition) is 2. The number of carbonyl (C=O) groups excluding carboxylic acids is 1. The molecule has 0 heterocycles. The van der Waals surface area contributed by atoms with Crippen LogP contribution in [0, 0.1) is 0 Å². The van der Waals surface area contributed by atoms with Gasteiger partial charge in [0.05, 0.1) is 5.69 Å². The molecule has 1 N–H and O–H groups in total. The van der Waals surface area contributed by atoms with Gasteiger partial charge in [-0.05, 0) is 18.4 Å². The van der Waals surface area contributed by atoms with Crippen LogP contribution in [0.5, 0.6) is 0 Å². The van der Waals surface area contributed by atoms with Gasteiger partial charge in [0.1, 0.15) is 0 Å². The molecule has 2 nitrogen and oxygen atoms in total. The van der Waals surface area contributed by atoms with Gasteiger partial charge in [-0.25, -0.2) is 0 Å². The average Bonchev–Trinajstić information content (AvgIpc) is 2.06.